The van der Waals surface area contributed by atoms with Crippen molar-refractivity contribution in [2.45, 2.75) is 4.82 Å². The fourth-order valence-electron chi connectivity index (χ4n) is 1.93. The van der Waals surface area contributed by atoms with Crippen molar-refractivity contribution in [1.82, 2.24) is 0 Å². The third-order valence-electron chi connectivity index (χ3n) is 2.84. The Kier molecular flexibility index (Phi) is 4.30. The zero-order valence-electron chi connectivity index (χ0n) is 10.5. The van der Waals surface area contributed by atoms with Crippen molar-refractivity contribution >= 4 is 17.2 Å². The number of benzene rings is 2. The Morgan fingerprint density at radius 2 is 1.16 bits per heavy atom. The zero-order chi connectivity index (χ0) is 12.9. The van der Waals surface area contributed by atoms with E-state index in [0.717, 1.165) is 0 Å². The van der Waals surface area contributed by atoms with Crippen molar-refractivity contribution in [1.29, 1.82) is 0 Å². The maximum atomic E-state index is 2.31. The molecule has 0 N–H and O–H groups in total. The SMILES string of the molecule is C1=C[CH]([Fe][P](c2ccccc2)c2ccccc2)C=C1. The molecule has 1 aliphatic carbocycles. The Bertz CT molecular complexity index is 523. The molecule has 0 unspecified atom stereocenters. The van der Waals surface area contributed by atoms with Crippen LogP contribution in [-0.4, -0.2) is 0 Å². The molecule has 2 heteroatoms. The average Bonchev–Trinajstić information content (AvgIpc) is 3.00. The van der Waals surface area contributed by atoms with Gasteiger partial charge in [-0.05, 0) is 0 Å². The fraction of sp³-hybridized carbons (Fsp3) is 0.0588. The summed E-state index contributed by atoms with van der Waals surface area (Å²) in [6.45, 7) is -0.264. The average molecular weight is 306 g/mol. The molecule has 0 heterocycles. The molecule has 0 fully saturated rings. The van der Waals surface area contributed by atoms with Gasteiger partial charge in [0.15, 0.2) is 0 Å². The van der Waals surface area contributed by atoms with E-state index in [2.05, 4.69) is 85.0 Å². The number of rotatable bonds is 4. The first kappa shape index (κ1) is 12.9. The molecule has 1 aliphatic rings. The van der Waals surface area contributed by atoms with Gasteiger partial charge in [0.2, 0.25) is 0 Å². The summed E-state index contributed by atoms with van der Waals surface area (Å²) in [5, 5.41) is 2.94. The van der Waals surface area contributed by atoms with E-state index in [-0.39, 0.29) is 6.61 Å². The van der Waals surface area contributed by atoms with Crippen LogP contribution in [0.3, 0.4) is 0 Å². The molecule has 0 saturated heterocycles. The second-order valence-corrected chi connectivity index (χ2v) is 9.06. The van der Waals surface area contributed by atoms with Gasteiger partial charge in [-0.3, -0.25) is 0 Å². The van der Waals surface area contributed by atoms with Gasteiger partial charge in [0.05, 0.1) is 0 Å². The van der Waals surface area contributed by atoms with E-state index in [1.807, 2.05) is 0 Å². The number of hydrogen-bond donors (Lipinski definition) is 0. The van der Waals surface area contributed by atoms with E-state index in [1.54, 1.807) is 0 Å². The zero-order valence-corrected chi connectivity index (χ0v) is 12.5. The summed E-state index contributed by atoms with van der Waals surface area (Å²) < 4.78 is 0. The summed E-state index contributed by atoms with van der Waals surface area (Å²) in [7, 11) is 0. The first-order valence-corrected chi connectivity index (χ1v) is 9.63. The van der Waals surface area contributed by atoms with Crippen molar-refractivity contribution in [2.75, 3.05) is 0 Å². The van der Waals surface area contributed by atoms with Crippen molar-refractivity contribution in [3.8, 4) is 0 Å². The first-order chi connectivity index (χ1) is 9.43. The van der Waals surface area contributed by atoms with Crippen molar-refractivity contribution in [3.05, 3.63) is 85.0 Å². The van der Waals surface area contributed by atoms with Crippen LogP contribution in [0, 0.1) is 0 Å². The molecule has 0 aromatic heterocycles. The van der Waals surface area contributed by atoms with Crippen LogP contribution in [0.1, 0.15) is 0 Å². The molecule has 0 amide bonds. The van der Waals surface area contributed by atoms with Crippen LogP contribution in [-0.2, 0) is 14.5 Å². The second kappa shape index (κ2) is 6.35. The summed E-state index contributed by atoms with van der Waals surface area (Å²) in [6, 6.07) is 21.8. The van der Waals surface area contributed by atoms with E-state index < -0.39 is 0 Å². The summed E-state index contributed by atoms with van der Waals surface area (Å²) in [5.74, 6) is 0. The Morgan fingerprint density at radius 3 is 1.63 bits per heavy atom. The van der Waals surface area contributed by atoms with Gasteiger partial charge >= 0.3 is 122 Å². The van der Waals surface area contributed by atoms with Gasteiger partial charge in [0.25, 0.3) is 0 Å². The molecule has 3 rings (SSSR count). The van der Waals surface area contributed by atoms with E-state index in [4.69, 9.17) is 0 Å². The standard InChI is InChI=1S/C12H10P.C5H5.Fe/c1-3-7-11(8-4-1)13-12-9-5-2-6-10-12;1-2-4-5-3-1;/h1-10H;1-5H;/q-1;;+1. The van der Waals surface area contributed by atoms with Crippen LogP contribution < -0.4 is 10.6 Å². The van der Waals surface area contributed by atoms with E-state index in [0.29, 0.717) is 4.82 Å². The van der Waals surface area contributed by atoms with Gasteiger partial charge in [-0.1, -0.05) is 0 Å². The van der Waals surface area contributed by atoms with Crippen molar-refractivity contribution in [3.63, 3.8) is 0 Å². The van der Waals surface area contributed by atoms with Gasteiger partial charge in [0.1, 0.15) is 0 Å². The number of hydrogen-bond acceptors (Lipinski definition) is 0. The Balaban J connectivity index is 1.91. The molecule has 0 saturated carbocycles. The summed E-state index contributed by atoms with van der Waals surface area (Å²) in [6.07, 6.45) is 8.94. The van der Waals surface area contributed by atoms with Crippen molar-refractivity contribution in [2.24, 2.45) is 0 Å². The van der Waals surface area contributed by atoms with E-state index >= 15 is 0 Å². The fourth-order valence-corrected chi connectivity index (χ4v) is 7.40. The van der Waals surface area contributed by atoms with Crippen LogP contribution in [0.15, 0.2) is 85.0 Å². The molecule has 0 aliphatic heterocycles. The molecule has 0 radical (unpaired) electrons. The van der Waals surface area contributed by atoms with Gasteiger partial charge in [-0.25, -0.2) is 0 Å². The van der Waals surface area contributed by atoms with Gasteiger partial charge in [-0.2, -0.15) is 0 Å². The van der Waals surface area contributed by atoms with Crippen LogP contribution in [0.2, 0.25) is 4.82 Å². The van der Waals surface area contributed by atoms with E-state index in [9.17, 15) is 0 Å². The molecule has 0 nitrogen and oxygen atoms in total. The topological polar surface area (TPSA) is 0 Å². The molecular weight excluding hydrogens is 291 g/mol. The predicted octanol–water partition coefficient (Wildman–Crippen LogP) is 4.03. The van der Waals surface area contributed by atoms with Crippen LogP contribution in [0.4, 0.5) is 0 Å². The molecule has 96 valence electrons. The Morgan fingerprint density at radius 1 is 0.684 bits per heavy atom. The maximum absolute atomic E-state index is 2.31. The molecule has 2 aromatic carbocycles. The van der Waals surface area contributed by atoms with Crippen LogP contribution in [0.5, 0.6) is 0 Å². The van der Waals surface area contributed by atoms with Crippen LogP contribution in [0.25, 0.3) is 0 Å². The molecule has 0 spiro atoms. The van der Waals surface area contributed by atoms with Crippen molar-refractivity contribution < 1.29 is 14.5 Å². The monoisotopic (exact) mass is 306 g/mol. The summed E-state index contributed by atoms with van der Waals surface area (Å²) >= 11 is 1.20. The Labute approximate surface area is 121 Å². The Hall–Kier alpha value is -1.13. The minimum atomic E-state index is -0.264. The molecule has 19 heavy (non-hydrogen) atoms. The summed E-state index contributed by atoms with van der Waals surface area (Å²) in [5.41, 5.74) is 0. The van der Waals surface area contributed by atoms with E-state index in [1.165, 1.54) is 25.1 Å². The van der Waals surface area contributed by atoms with Gasteiger partial charge in [-0.15, -0.1) is 0 Å². The van der Waals surface area contributed by atoms with Gasteiger partial charge in [0, 0.05) is 0 Å². The third-order valence-corrected chi connectivity index (χ3v) is 8.69. The molecular formula is C17H15FeP. The molecule has 0 bridgehead atoms. The molecule has 0 atom stereocenters. The summed E-state index contributed by atoms with van der Waals surface area (Å²) in [4.78, 5) is 0.589. The second-order valence-electron chi connectivity index (χ2n) is 4.23. The first-order valence-electron chi connectivity index (χ1n) is 6.30. The van der Waals surface area contributed by atoms with Gasteiger partial charge < -0.3 is 0 Å². The quantitative estimate of drug-likeness (QED) is 0.591. The molecule has 2 aromatic rings. The number of allylic oxidation sites excluding steroid dienone is 4. The normalized spacial score (nSPS) is 14.6. The van der Waals surface area contributed by atoms with Crippen LogP contribution >= 0.6 is 6.61 Å². The minimum absolute atomic E-state index is 0.264. The predicted molar refractivity (Wildman–Crippen MR) is 81.1 cm³/mol. The third kappa shape index (κ3) is 3.25.